The van der Waals surface area contributed by atoms with E-state index >= 15 is 0 Å². The van der Waals surface area contributed by atoms with Gasteiger partial charge >= 0.3 is 0 Å². The van der Waals surface area contributed by atoms with Crippen molar-refractivity contribution in [2.75, 3.05) is 39.3 Å². The Hall–Kier alpha value is 0.170. The van der Waals surface area contributed by atoms with Crippen molar-refractivity contribution in [3.05, 3.63) is 0 Å². The van der Waals surface area contributed by atoms with Crippen LogP contribution in [0, 0.1) is 11.8 Å². The van der Waals surface area contributed by atoms with E-state index in [1.807, 2.05) is 0 Å². The van der Waals surface area contributed by atoms with Gasteiger partial charge in [0.2, 0.25) is 0 Å². The lowest BCUT2D eigenvalue weighted by molar-refractivity contribution is -0.0550. The lowest BCUT2D eigenvalue weighted by atomic mass is 9.96. The van der Waals surface area contributed by atoms with Crippen LogP contribution < -0.4 is 5.32 Å². The fourth-order valence-electron chi connectivity index (χ4n) is 2.73. The predicted octanol–water partition coefficient (Wildman–Crippen LogP) is 1.76. The van der Waals surface area contributed by atoms with Crippen molar-refractivity contribution in [1.29, 1.82) is 0 Å². The van der Waals surface area contributed by atoms with Crippen LogP contribution in [0.4, 0.5) is 0 Å². The summed E-state index contributed by atoms with van der Waals surface area (Å²) in [6, 6.07) is 0. The Labute approximate surface area is 112 Å². The van der Waals surface area contributed by atoms with E-state index in [0.717, 1.165) is 25.6 Å². The summed E-state index contributed by atoms with van der Waals surface area (Å²) in [4.78, 5) is 2.62. The molecule has 2 aliphatic heterocycles. The number of piperidine rings is 1. The zero-order chi connectivity index (χ0) is 11.4. The molecule has 0 aromatic carbocycles. The van der Waals surface area contributed by atoms with E-state index in [9.17, 15) is 0 Å². The Morgan fingerprint density at radius 2 is 2.00 bits per heavy atom. The van der Waals surface area contributed by atoms with Crippen LogP contribution in [0.3, 0.4) is 0 Å². The molecule has 1 N–H and O–H groups in total. The van der Waals surface area contributed by atoms with Gasteiger partial charge in [-0.15, -0.1) is 12.4 Å². The molecule has 0 spiro atoms. The molecule has 2 fully saturated rings. The molecule has 0 bridgehead atoms. The highest BCUT2D eigenvalue weighted by atomic mass is 35.5. The summed E-state index contributed by atoms with van der Waals surface area (Å²) < 4.78 is 5.80. The van der Waals surface area contributed by atoms with Crippen LogP contribution in [-0.4, -0.2) is 50.3 Å². The Kier molecular flexibility index (Phi) is 6.78. The number of nitrogens with one attached hydrogen (secondary N) is 1. The van der Waals surface area contributed by atoms with Crippen molar-refractivity contribution in [1.82, 2.24) is 10.2 Å². The molecule has 0 radical (unpaired) electrons. The summed E-state index contributed by atoms with van der Waals surface area (Å²) in [5.74, 6) is 1.56. The molecule has 2 heterocycles. The van der Waals surface area contributed by atoms with Crippen molar-refractivity contribution < 1.29 is 4.74 Å². The van der Waals surface area contributed by atoms with Crippen molar-refractivity contribution in [3.8, 4) is 0 Å². The molecule has 1 unspecified atom stereocenters. The lowest BCUT2D eigenvalue weighted by Gasteiger charge is -2.37. The zero-order valence-electron chi connectivity index (χ0n) is 11.2. The van der Waals surface area contributed by atoms with Crippen LogP contribution in [0.25, 0.3) is 0 Å². The minimum Gasteiger partial charge on any atom is -0.375 e. The molecular weight excluding hydrogens is 236 g/mol. The molecule has 2 rings (SSSR count). The van der Waals surface area contributed by atoms with Gasteiger partial charge in [0.15, 0.2) is 0 Å². The number of nitrogens with zero attached hydrogens (tertiary/aromatic N) is 1. The van der Waals surface area contributed by atoms with Crippen molar-refractivity contribution >= 4 is 12.4 Å². The number of ether oxygens (including phenoxy) is 1. The molecule has 4 heteroatoms. The molecule has 0 aliphatic carbocycles. The molecule has 3 nitrogen and oxygen atoms in total. The standard InChI is InChI=1S/C13H26N2O.ClH/c1-11(2)13-10-15(7-8-16-13)9-12-3-5-14-6-4-12;/h11-14H,3-10H2,1-2H3;1H. The van der Waals surface area contributed by atoms with E-state index in [4.69, 9.17) is 4.74 Å². The number of hydrogen-bond acceptors (Lipinski definition) is 3. The third-order valence-electron chi connectivity index (χ3n) is 3.90. The van der Waals surface area contributed by atoms with Gasteiger partial charge in [0.1, 0.15) is 0 Å². The Balaban J connectivity index is 0.00000144. The van der Waals surface area contributed by atoms with Crippen LogP contribution in [0.15, 0.2) is 0 Å². The summed E-state index contributed by atoms with van der Waals surface area (Å²) in [7, 11) is 0. The highest BCUT2D eigenvalue weighted by molar-refractivity contribution is 5.85. The summed E-state index contributed by atoms with van der Waals surface area (Å²) in [6.45, 7) is 11.4. The second kappa shape index (κ2) is 7.57. The molecule has 0 aromatic heterocycles. The fourth-order valence-corrected chi connectivity index (χ4v) is 2.73. The first-order valence-electron chi connectivity index (χ1n) is 6.80. The topological polar surface area (TPSA) is 24.5 Å². The first-order valence-corrected chi connectivity index (χ1v) is 6.80. The van der Waals surface area contributed by atoms with Gasteiger partial charge in [-0.25, -0.2) is 0 Å². The SMILES string of the molecule is CC(C)C1CN(CC2CCNCC2)CCO1.Cl. The monoisotopic (exact) mass is 262 g/mol. The van der Waals surface area contributed by atoms with Crippen molar-refractivity contribution in [2.24, 2.45) is 11.8 Å². The first-order chi connectivity index (χ1) is 7.75. The lowest BCUT2D eigenvalue weighted by Crippen LogP contribution is -2.47. The van der Waals surface area contributed by atoms with Crippen LogP contribution in [0.2, 0.25) is 0 Å². The third kappa shape index (κ3) is 4.74. The summed E-state index contributed by atoms with van der Waals surface area (Å²) in [5.41, 5.74) is 0. The van der Waals surface area contributed by atoms with Crippen molar-refractivity contribution in [3.63, 3.8) is 0 Å². The molecule has 17 heavy (non-hydrogen) atoms. The molecule has 0 aromatic rings. The van der Waals surface area contributed by atoms with Gasteiger partial charge in [0.25, 0.3) is 0 Å². The Bertz CT molecular complexity index is 208. The largest absolute Gasteiger partial charge is 0.375 e. The number of halogens is 1. The minimum absolute atomic E-state index is 0. The fraction of sp³-hybridized carbons (Fsp3) is 1.00. The van der Waals surface area contributed by atoms with Gasteiger partial charge in [-0.3, -0.25) is 4.90 Å². The van der Waals surface area contributed by atoms with Gasteiger partial charge in [0.05, 0.1) is 12.7 Å². The van der Waals surface area contributed by atoms with Gasteiger partial charge in [-0.2, -0.15) is 0 Å². The zero-order valence-corrected chi connectivity index (χ0v) is 12.0. The smallest absolute Gasteiger partial charge is 0.0725 e. The van der Waals surface area contributed by atoms with E-state index in [1.165, 1.54) is 32.5 Å². The Morgan fingerprint density at radius 1 is 1.29 bits per heavy atom. The molecule has 2 aliphatic rings. The third-order valence-corrected chi connectivity index (χ3v) is 3.90. The van der Waals surface area contributed by atoms with Crippen LogP contribution in [0.5, 0.6) is 0 Å². The molecule has 0 saturated carbocycles. The maximum absolute atomic E-state index is 5.80. The number of rotatable bonds is 3. The summed E-state index contributed by atoms with van der Waals surface area (Å²) in [6.07, 6.45) is 3.16. The van der Waals surface area contributed by atoms with Gasteiger partial charge < -0.3 is 10.1 Å². The molecule has 1 atom stereocenters. The highest BCUT2D eigenvalue weighted by Gasteiger charge is 2.25. The van der Waals surface area contributed by atoms with Crippen LogP contribution in [0.1, 0.15) is 26.7 Å². The second-order valence-corrected chi connectivity index (χ2v) is 5.61. The molecule has 2 saturated heterocycles. The molecular formula is C13H27ClN2O. The number of hydrogen-bond donors (Lipinski definition) is 1. The summed E-state index contributed by atoms with van der Waals surface area (Å²) in [5, 5.41) is 3.44. The van der Waals surface area contributed by atoms with E-state index in [1.54, 1.807) is 0 Å². The second-order valence-electron chi connectivity index (χ2n) is 5.61. The van der Waals surface area contributed by atoms with Crippen molar-refractivity contribution in [2.45, 2.75) is 32.8 Å². The van der Waals surface area contributed by atoms with Gasteiger partial charge in [0, 0.05) is 19.6 Å². The quantitative estimate of drug-likeness (QED) is 0.839. The van der Waals surface area contributed by atoms with Gasteiger partial charge in [-0.05, 0) is 37.8 Å². The Morgan fingerprint density at radius 3 is 2.65 bits per heavy atom. The highest BCUT2D eigenvalue weighted by Crippen LogP contribution is 2.18. The normalized spacial score (nSPS) is 28.1. The van der Waals surface area contributed by atoms with E-state index in [-0.39, 0.29) is 12.4 Å². The average Bonchev–Trinajstić information content (AvgIpc) is 2.30. The van der Waals surface area contributed by atoms with Crippen LogP contribution >= 0.6 is 12.4 Å². The maximum Gasteiger partial charge on any atom is 0.0725 e. The predicted molar refractivity (Wildman–Crippen MR) is 73.9 cm³/mol. The number of morpholine rings is 1. The summed E-state index contributed by atoms with van der Waals surface area (Å²) >= 11 is 0. The average molecular weight is 263 g/mol. The maximum atomic E-state index is 5.80. The van der Waals surface area contributed by atoms with E-state index in [2.05, 4.69) is 24.1 Å². The van der Waals surface area contributed by atoms with E-state index in [0.29, 0.717) is 12.0 Å². The minimum atomic E-state index is 0. The molecule has 102 valence electrons. The van der Waals surface area contributed by atoms with Gasteiger partial charge in [-0.1, -0.05) is 13.8 Å². The first kappa shape index (κ1) is 15.2. The molecule has 0 amide bonds. The van der Waals surface area contributed by atoms with Crippen LogP contribution in [-0.2, 0) is 4.74 Å². The van der Waals surface area contributed by atoms with E-state index < -0.39 is 0 Å².